The van der Waals surface area contributed by atoms with Crippen LogP contribution in [-0.2, 0) is 21.6 Å². The molecule has 0 spiro atoms. The maximum Gasteiger partial charge on any atom is 0.328 e. The van der Waals surface area contributed by atoms with E-state index >= 15 is 0 Å². The number of nitrogens with zero attached hydrogens (tertiary/aromatic N) is 2. The highest BCUT2D eigenvalue weighted by atomic mass is 16.5. The van der Waals surface area contributed by atoms with Crippen molar-refractivity contribution in [2.75, 3.05) is 12.4 Å². The van der Waals surface area contributed by atoms with Gasteiger partial charge in [-0.05, 0) is 53.3 Å². The van der Waals surface area contributed by atoms with Gasteiger partial charge in [-0.2, -0.15) is 0 Å². The first-order valence-electron chi connectivity index (χ1n) is 14.8. The predicted octanol–water partition coefficient (Wildman–Crippen LogP) is 6.65. The minimum atomic E-state index is -0.685. The molecule has 7 heteroatoms. The highest BCUT2D eigenvalue weighted by Crippen LogP contribution is 2.40. The van der Waals surface area contributed by atoms with E-state index in [1.54, 1.807) is 12.1 Å². The molecule has 0 saturated heterocycles. The van der Waals surface area contributed by atoms with Gasteiger partial charge in [-0.15, -0.1) is 0 Å². The number of rotatable bonds is 12. The number of ether oxygens (including phenoxy) is 1. The zero-order valence-corrected chi connectivity index (χ0v) is 25.3. The number of nitrogens with one attached hydrogen (secondary N) is 2. The Morgan fingerprint density at radius 1 is 0.795 bits per heavy atom. The molecule has 0 radical (unpaired) electrons. The molecule has 0 unspecified atom stereocenters. The molecule has 0 fully saturated rings. The fourth-order valence-corrected chi connectivity index (χ4v) is 5.62. The largest absolute Gasteiger partial charge is 0.467 e. The molecule has 224 valence electrons. The van der Waals surface area contributed by atoms with Gasteiger partial charge in [-0.1, -0.05) is 105 Å². The second kappa shape index (κ2) is 13.9. The molecule has 1 heterocycles. The van der Waals surface area contributed by atoms with E-state index in [0.29, 0.717) is 18.5 Å². The number of carbonyl (C=O) groups is 2. The maximum atomic E-state index is 12.8. The monoisotopic (exact) mass is 586 g/mol. The van der Waals surface area contributed by atoms with Crippen LogP contribution in [0.15, 0.2) is 128 Å². The number of methoxy groups -OCH3 is 1. The predicted molar refractivity (Wildman–Crippen MR) is 173 cm³/mol. The Kier molecular flexibility index (Phi) is 9.55. The van der Waals surface area contributed by atoms with Crippen LogP contribution in [0.25, 0.3) is 0 Å². The van der Waals surface area contributed by atoms with Gasteiger partial charge in [-0.25, -0.2) is 9.78 Å². The third-order valence-corrected chi connectivity index (χ3v) is 7.72. The summed E-state index contributed by atoms with van der Waals surface area (Å²) in [7, 11) is 1.33. The van der Waals surface area contributed by atoms with Crippen molar-refractivity contribution in [3.05, 3.63) is 156 Å². The fourth-order valence-electron chi connectivity index (χ4n) is 5.62. The van der Waals surface area contributed by atoms with Crippen molar-refractivity contribution in [2.45, 2.75) is 38.4 Å². The van der Waals surface area contributed by atoms with Crippen molar-refractivity contribution < 1.29 is 14.3 Å². The second-order valence-electron chi connectivity index (χ2n) is 11.2. The molecule has 1 amide bonds. The molecule has 5 aromatic rings. The van der Waals surface area contributed by atoms with E-state index in [1.165, 1.54) is 7.11 Å². The van der Waals surface area contributed by atoms with Crippen LogP contribution in [0.5, 0.6) is 0 Å². The van der Waals surface area contributed by atoms with E-state index in [2.05, 4.69) is 94.2 Å². The Morgan fingerprint density at radius 2 is 1.32 bits per heavy atom. The van der Waals surface area contributed by atoms with Gasteiger partial charge in [-0.3, -0.25) is 4.79 Å². The van der Waals surface area contributed by atoms with Gasteiger partial charge < -0.3 is 19.9 Å². The standard InChI is InChI=1S/C37H38N4O3/c1-27(2)23-34(36(43)44-3)40-35(42)28-19-21-32(22-20-28)38-24-33-25-41(26-39-33)37(29-13-7-4-8-14-29,30-15-9-5-10-16-30)31-17-11-6-12-18-31/h4-22,25-27,34,38H,23-24H2,1-3H3,(H,40,42)/t34-/m0/s1. The molecular weight excluding hydrogens is 548 g/mol. The van der Waals surface area contributed by atoms with Crippen LogP contribution >= 0.6 is 0 Å². The summed E-state index contributed by atoms with van der Waals surface area (Å²) in [6.45, 7) is 4.49. The number of aromatic nitrogens is 2. The Bertz CT molecular complexity index is 1550. The van der Waals surface area contributed by atoms with Crippen LogP contribution in [0.2, 0.25) is 0 Å². The third kappa shape index (κ3) is 6.57. The molecule has 0 aliphatic rings. The van der Waals surface area contributed by atoms with E-state index in [0.717, 1.165) is 28.1 Å². The van der Waals surface area contributed by atoms with Crippen LogP contribution in [0.4, 0.5) is 5.69 Å². The summed E-state index contributed by atoms with van der Waals surface area (Å²) in [4.78, 5) is 29.8. The molecule has 5 rings (SSSR count). The zero-order valence-electron chi connectivity index (χ0n) is 25.3. The molecule has 2 N–H and O–H groups in total. The first kappa shape index (κ1) is 30.3. The summed E-state index contributed by atoms with van der Waals surface area (Å²) in [6.07, 6.45) is 4.49. The number of esters is 1. The number of hydrogen-bond acceptors (Lipinski definition) is 5. The Labute approximate surface area is 258 Å². The minimum Gasteiger partial charge on any atom is -0.467 e. The number of anilines is 1. The fraction of sp³-hybridized carbons (Fsp3) is 0.216. The lowest BCUT2D eigenvalue weighted by molar-refractivity contribution is -0.143. The Balaban J connectivity index is 1.37. The van der Waals surface area contributed by atoms with Gasteiger partial charge in [0.15, 0.2) is 0 Å². The van der Waals surface area contributed by atoms with Crippen molar-refractivity contribution in [1.82, 2.24) is 14.9 Å². The van der Waals surface area contributed by atoms with Crippen molar-refractivity contribution in [2.24, 2.45) is 5.92 Å². The summed E-state index contributed by atoms with van der Waals surface area (Å²) in [5.41, 5.74) is 4.96. The molecule has 0 saturated carbocycles. The third-order valence-electron chi connectivity index (χ3n) is 7.72. The van der Waals surface area contributed by atoms with Gasteiger partial charge in [0.1, 0.15) is 11.6 Å². The van der Waals surface area contributed by atoms with Gasteiger partial charge in [0.25, 0.3) is 5.91 Å². The molecule has 4 aromatic carbocycles. The van der Waals surface area contributed by atoms with Crippen molar-refractivity contribution in [3.63, 3.8) is 0 Å². The maximum absolute atomic E-state index is 12.8. The van der Waals surface area contributed by atoms with Crippen LogP contribution in [0.3, 0.4) is 0 Å². The summed E-state index contributed by atoms with van der Waals surface area (Å²) in [6, 6.07) is 38.0. The van der Waals surface area contributed by atoms with Gasteiger partial charge in [0.2, 0.25) is 0 Å². The van der Waals surface area contributed by atoms with E-state index in [4.69, 9.17) is 9.72 Å². The van der Waals surface area contributed by atoms with Crippen LogP contribution < -0.4 is 10.6 Å². The summed E-state index contributed by atoms with van der Waals surface area (Å²) >= 11 is 0. The normalized spacial score (nSPS) is 12.0. The van der Waals surface area contributed by atoms with Crippen LogP contribution in [-0.4, -0.2) is 34.6 Å². The van der Waals surface area contributed by atoms with Gasteiger partial charge >= 0.3 is 5.97 Å². The number of benzene rings is 4. The first-order chi connectivity index (χ1) is 21.4. The van der Waals surface area contributed by atoms with E-state index < -0.39 is 17.6 Å². The molecule has 7 nitrogen and oxygen atoms in total. The van der Waals surface area contributed by atoms with E-state index in [1.807, 2.05) is 50.5 Å². The van der Waals surface area contributed by atoms with Crippen molar-refractivity contribution >= 4 is 17.6 Å². The number of imidazole rings is 1. The van der Waals surface area contributed by atoms with Gasteiger partial charge in [0, 0.05) is 17.4 Å². The van der Waals surface area contributed by atoms with Crippen molar-refractivity contribution in [3.8, 4) is 0 Å². The first-order valence-corrected chi connectivity index (χ1v) is 14.8. The summed E-state index contributed by atoms with van der Waals surface area (Å²) < 4.78 is 7.06. The zero-order chi connectivity index (χ0) is 30.9. The second-order valence-corrected chi connectivity index (χ2v) is 11.2. The SMILES string of the molecule is COC(=O)[C@H](CC(C)C)NC(=O)c1ccc(NCc2cn(C(c3ccccc3)(c3ccccc3)c3ccccc3)cn2)cc1. The number of carbonyl (C=O) groups excluding carboxylic acids is 2. The van der Waals surface area contributed by atoms with Gasteiger partial charge in [0.05, 0.1) is 25.7 Å². The quantitative estimate of drug-likeness (QED) is 0.126. The topological polar surface area (TPSA) is 85.2 Å². The molecule has 1 atom stereocenters. The minimum absolute atomic E-state index is 0.229. The average molecular weight is 587 g/mol. The smallest absolute Gasteiger partial charge is 0.328 e. The number of hydrogen-bond donors (Lipinski definition) is 2. The summed E-state index contributed by atoms with van der Waals surface area (Å²) in [5, 5.41) is 6.23. The molecular formula is C37H38N4O3. The molecule has 1 aromatic heterocycles. The lowest BCUT2D eigenvalue weighted by Gasteiger charge is -2.37. The van der Waals surface area contributed by atoms with E-state index in [-0.39, 0.29) is 11.8 Å². The van der Waals surface area contributed by atoms with Crippen LogP contribution in [0.1, 0.15) is 53.0 Å². The average Bonchev–Trinajstić information content (AvgIpc) is 3.54. The molecule has 44 heavy (non-hydrogen) atoms. The number of amides is 1. The van der Waals surface area contributed by atoms with Crippen LogP contribution in [0, 0.1) is 5.92 Å². The Hall–Kier alpha value is -5.17. The highest BCUT2D eigenvalue weighted by molar-refractivity contribution is 5.97. The molecule has 0 aliphatic heterocycles. The lowest BCUT2D eigenvalue weighted by atomic mass is 9.77. The van der Waals surface area contributed by atoms with E-state index in [9.17, 15) is 9.59 Å². The summed E-state index contributed by atoms with van der Waals surface area (Å²) in [5.74, 6) is -0.529. The molecule has 0 aliphatic carbocycles. The highest BCUT2D eigenvalue weighted by Gasteiger charge is 2.38. The van der Waals surface area contributed by atoms with Crippen molar-refractivity contribution in [1.29, 1.82) is 0 Å². The molecule has 0 bridgehead atoms. The Morgan fingerprint density at radius 3 is 1.80 bits per heavy atom. The lowest BCUT2D eigenvalue weighted by Crippen LogP contribution is -2.42.